The predicted molar refractivity (Wildman–Crippen MR) is 150 cm³/mol. The lowest BCUT2D eigenvalue weighted by Crippen LogP contribution is -2.34. The molecule has 2 N–H and O–H groups in total. The standard InChI is InChI=1S/C31H42FN3O5/c1-20-9-11-25-28(38-2)18-22(34-30(25)33-20)7-3-5-15-39-23-13-14-35(19-23)29(31(36)37)26-17-21(32)10-12-24(26)27-8-4-6-16-40-27/h10,12,17-18,20,23,27,29H,3-9,11,13-16,19H2,1-2H3,(H,33,34)(H,36,37)/t20-,23+,27-,29-/m0/s1. The van der Waals surface area contributed by atoms with E-state index in [9.17, 15) is 14.3 Å². The molecule has 0 unspecified atom stereocenters. The van der Waals surface area contributed by atoms with Gasteiger partial charge in [-0.05, 0) is 88.0 Å². The van der Waals surface area contributed by atoms with Crippen molar-refractivity contribution < 1.29 is 28.5 Å². The van der Waals surface area contributed by atoms with Crippen LogP contribution in [0.25, 0.3) is 0 Å². The number of methoxy groups -OCH3 is 1. The lowest BCUT2D eigenvalue weighted by molar-refractivity contribution is -0.143. The summed E-state index contributed by atoms with van der Waals surface area (Å²) in [4.78, 5) is 19.2. The number of ether oxygens (including phenoxy) is 3. The van der Waals surface area contributed by atoms with Gasteiger partial charge in [0.15, 0.2) is 0 Å². The molecule has 3 aliphatic heterocycles. The van der Waals surface area contributed by atoms with Gasteiger partial charge in [-0.3, -0.25) is 9.69 Å². The summed E-state index contributed by atoms with van der Waals surface area (Å²) >= 11 is 0. The zero-order valence-electron chi connectivity index (χ0n) is 23.7. The Morgan fingerprint density at radius 2 is 2.12 bits per heavy atom. The highest BCUT2D eigenvalue weighted by Gasteiger charge is 2.36. The maximum Gasteiger partial charge on any atom is 0.325 e. The number of aryl methyl sites for hydroxylation is 1. The van der Waals surface area contributed by atoms with Crippen LogP contribution in [0.5, 0.6) is 5.75 Å². The average molecular weight is 556 g/mol. The average Bonchev–Trinajstić information content (AvgIpc) is 3.40. The highest BCUT2D eigenvalue weighted by molar-refractivity contribution is 5.76. The number of nitrogens with zero attached hydrogens (tertiary/aromatic N) is 2. The van der Waals surface area contributed by atoms with E-state index in [-0.39, 0.29) is 12.2 Å². The number of likely N-dealkylation sites (tertiary alicyclic amines) is 1. The number of hydrogen-bond acceptors (Lipinski definition) is 7. The van der Waals surface area contributed by atoms with E-state index in [0.29, 0.717) is 37.9 Å². The molecule has 0 bridgehead atoms. The summed E-state index contributed by atoms with van der Waals surface area (Å²) in [6.07, 6.45) is 8.07. The van der Waals surface area contributed by atoms with Crippen LogP contribution in [0.4, 0.5) is 10.2 Å². The third-order valence-electron chi connectivity index (χ3n) is 8.39. The number of halogens is 1. The molecule has 0 radical (unpaired) electrons. The van der Waals surface area contributed by atoms with Crippen molar-refractivity contribution in [1.29, 1.82) is 0 Å². The van der Waals surface area contributed by atoms with Crippen LogP contribution in [0, 0.1) is 5.82 Å². The van der Waals surface area contributed by atoms with Crippen molar-refractivity contribution in [2.75, 3.05) is 38.7 Å². The molecule has 218 valence electrons. The van der Waals surface area contributed by atoms with E-state index in [1.54, 1.807) is 13.2 Å². The summed E-state index contributed by atoms with van der Waals surface area (Å²) in [5, 5.41) is 13.7. The molecule has 9 heteroatoms. The van der Waals surface area contributed by atoms with E-state index >= 15 is 0 Å². The number of fused-ring (bicyclic) bond motifs is 1. The van der Waals surface area contributed by atoms with Gasteiger partial charge in [-0.2, -0.15) is 0 Å². The first kappa shape index (κ1) is 28.8. The SMILES string of the molecule is COc1cc(CCCCO[C@@H]2CCN([C@H](C(=O)O)c3cc(F)ccc3[C@@H]3CCCCO3)C2)nc2c1CC[C@H](C)N2. The number of benzene rings is 1. The van der Waals surface area contributed by atoms with E-state index < -0.39 is 17.8 Å². The number of anilines is 1. The number of hydrogen-bond donors (Lipinski definition) is 2. The minimum absolute atomic E-state index is 0.0440. The Hall–Kier alpha value is -2.75. The topological polar surface area (TPSA) is 93.2 Å². The summed E-state index contributed by atoms with van der Waals surface area (Å²) in [5.74, 6) is 0.454. The van der Waals surface area contributed by atoms with Gasteiger partial charge in [0.1, 0.15) is 23.4 Å². The van der Waals surface area contributed by atoms with Gasteiger partial charge >= 0.3 is 5.97 Å². The Balaban J connectivity index is 1.14. The van der Waals surface area contributed by atoms with Crippen molar-refractivity contribution in [1.82, 2.24) is 9.88 Å². The number of carbonyl (C=O) groups is 1. The van der Waals surface area contributed by atoms with Gasteiger partial charge in [0.25, 0.3) is 0 Å². The fraction of sp³-hybridized carbons (Fsp3) is 0.613. The molecule has 3 aliphatic rings. The number of carboxylic acids is 1. The van der Waals surface area contributed by atoms with E-state index in [4.69, 9.17) is 19.2 Å². The van der Waals surface area contributed by atoms with Crippen LogP contribution in [0.2, 0.25) is 0 Å². The second-order valence-electron chi connectivity index (χ2n) is 11.3. The third-order valence-corrected chi connectivity index (χ3v) is 8.39. The van der Waals surface area contributed by atoms with Gasteiger partial charge < -0.3 is 24.6 Å². The van der Waals surface area contributed by atoms with Crippen molar-refractivity contribution in [3.63, 3.8) is 0 Å². The number of rotatable bonds is 11. The molecular weight excluding hydrogens is 513 g/mol. The second-order valence-corrected chi connectivity index (χ2v) is 11.3. The van der Waals surface area contributed by atoms with Crippen LogP contribution in [-0.4, -0.2) is 66.5 Å². The zero-order chi connectivity index (χ0) is 28.1. The number of unbranched alkanes of at least 4 members (excludes halogenated alkanes) is 1. The van der Waals surface area contributed by atoms with Gasteiger partial charge in [0.2, 0.25) is 0 Å². The molecule has 0 aliphatic carbocycles. The van der Waals surface area contributed by atoms with Gasteiger partial charge in [-0.15, -0.1) is 0 Å². The monoisotopic (exact) mass is 555 g/mol. The fourth-order valence-electron chi connectivity index (χ4n) is 6.27. The van der Waals surface area contributed by atoms with Crippen LogP contribution in [0.1, 0.15) is 86.4 Å². The predicted octanol–water partition coefficient (Wildman–Crippen LogP) is 5.46. The molecule has 8 nitrogen and oxygen atoms in total. The molecule has 1 aromatic heterocycles. The lowest BCUT2D eigenvalue weighted by atomic mass is 9.92. The normalized spacial score (nSPS) is 23.8. The Kier molecular flexibility index (Phi) is 9.55. The van der Waals surface area contributed by atoms with Crippen molar-refractivity contribution >= 4 is 11.8 Å². The number of carboxylic acid groups (broad SMARTS) is 1. The van der Waals surface area contributed by atoms with Gasteiger partial charge in [-0.1, -0.05) is 6.07 Å². The van der Waals surface area contributed by atoms with Gasteiger partial charge in [0, 0.05) is 49.7 Å². The molecule has 1 aromatic carbocycles. The highest BCUT2D eigenvalue weighted by Crippen LogP contribution is 2.37. The summed E-state index contributed by atoms with van der Waals surface area (Å²) in [6.45, 7) is 4.52. The van der Waals surface area contributed by atoms with Gasteiger partial charge in [0.05, 0.1) is 19.3 Å². The van der Waals surface area contributed by atoms with Crippen LogP contribution in [-0.2, 0) is 27.1 Å². The van der Waals surface area contributed by atoms with Crippen LogP contribution >= 0.6 is 0 Å². The second kappa shape index (κ2) is 13.3. The highest BCUT2D eigenvalue weighted by atomic mass is 19.1. The lowest BCUT2D eigenvalue weighted by Gasteiger charge is -2.30. The summed E-state index contributed by atoms with van der Waals surface area (Å²) < 4.78 is 32.0. The first-order valence-electron chi connectivity index (χ1n) is 14.8. The Labute approximate surface area is 236 Å². The molecule has 2 fully saturated rings. The first-order chi connectivity index (χ1) is 19.4. The molecule has 0 spiro atoms. The smallest absolute Gasteiger partial charge is 0.325 e. The number of nitrogens with one attached hydrogen (secondary N) is 1. The maximum absolute atomic E-state index is 14.3. The molecule has 5 rings (SSSR count). The molecule has 0 amide bonds. The van der Waals surface area contributed by atoms with Crippen molar-refractivity contribution in [2.24, 2.45) is 0 Å². The number of aliphatic carboxylic acids is 1. The van der Waals surface area contributed by atoms with Crippen molar-refractivity contribution in [2.45, 2.75) is 89.0 Å². The van der Waals surface area contributed by atoms with E-state index in [1.165, 1.54) is 12.1 Å². The molecule has 2 saturated heterocycles. The Morgan fingerprint density at radius 3 is 2.90 bits per heavy atom. The summed E-state index contributed by atoms with van der Waals surface area (Å²) in [5.41, 5.74) is 3.46. The molecular formula is C31H42FN3O5. The molecule has 4 heterocycles. The number of pyridine rings is 1. The summed E-state index contributed by atoms with van der Waals surface area (Å²) in [7, 11) is 1.71. The molecule has 40 heavy (non-hydrogen) atoms. The van der Waals surface area contributed by atoms with E-state index in [1.807, 2.05) is 4.90 Å². The quantitative estimate of drug-likeness (QED) is 0.353. The molecule has 0 saturated carbocycles. The minimum atomic E-state index is -0.972. The van der Waals surface area contributed by atoms with Crippen molar-refractivity contribution in [3.05, 3.63) is 52.5 Å². The first-order valence-corrected chi connectivity index (χ1v) is 14.8. The van der Waals surface area contributed by atoms with Crippen LogP contribution < -0.4 is 10.1 Å². The summed E-state index contributed by atoms with van der Waals surface area (Å²) in [6, 6.07) is 6.01. The Bertz CT molecular complexity index is 1170. The molecule has 2 aromatic rings. The van der Waals surface area contributed by atoms with Crippen LogP contribution in [0.3, 0.4) is 0 Å². The van der Waals surface area contributed by atoms with Gasteiger partial charge in [-0.25, -0.2) is 9.37 Å². The third kappa shape index (κ3) is 6.75. The zero-order valence-corrected chi connectivity index (χ0v) is 23.7. The number of aromatic nitrogens is 1. The van der Waals surface area contributed by atoms with E-state index in [2.05, 4.69) is 18.3 Å². The maximum atomic E-state index is 14.3. The van der Waals surface area contributed by atoms with Crippen LogP contribution in [0.15, 0.2) is 24.3 Å². The Morgan fingerprint density at radius 1 is 1.25 bits per heavy atom. The van der Waals surface area contributed by atoms with E-state index in [0.717, 1.165) is 86.2 Å². The fourth-order valence-corrected chi connectivity index (χ4v) is 6.27. The molecule has 4 atom stereocenters. The minimum Gasteiger partial charge on any atom is -0.496 e. The largest absolute Gasteiger partial charge is 0.496 e. The van der Waals surface area contributed by atoms with Crippen molar-refractivity contribution in [3.8, 4) is 5.75 Å².